The molecule has 0 unspecified atom stereocenters. The van der Waals surface area contributed by atoms with Crippen molar-refractivity contribution in [2.75, 3.05) is 25.0 Å². The summed E-state index contributed by atoms with van der Waals surface area (Å²) in [7, 11) is 2.14. The van der Waals surface area contributed by atoms with Gasteiger partial charge in [-0.15, -0.1) is 0 Å². The lowest BCUT2D eigenvalue weighted by Gasteiger charge is -2.30. The molecule has 1 fully saturated rings. The highest BCUT2D eigenvalue weighted by atomic mass is 19.1. The van der Waals surface area contributed by atoms with Gasteiger partial charge in [-0.3, -0.25) is 0 Å². The van der Waals surface area contributed by atoms with Gasteiger partial charge in [0.05, 0.1) is 17.4 Å². The number of halogens is 1. The van der Waals surface area contributed by atoms with Crippen molar-refractivity contribution in [3.05, 3.63) is 90.6 Å². The van der Waals surface area contributed by atoms with Gasteiger partial charge in [0.1, 0.15) is 29.8 Å². The fraction of sp³-hybridized carbons (Fsp3) is 0.241. The van der Waals surface area contributed by atoms with Gasteiger partial charge in [0, 0.05) is 41.4 Å². The summed E-state index contributed by atoms with van der Waals surface area (Å²) in [6, 6.07) is 21.0. The van der Waals surface area contributed by atoms with Gasteiger partial charge in [-0.1, -0.05) is 24.3 Å². The molecule has 3 heterocycles. The van der Waals surface area contributed by atoms with E-state index in [4.69, 9.17) is 9.72 Å². The zero-order valence-corrected chi connectivity index (χ0v) is 20.2. The molecule has 0 amide bonds. The van der Waals surface area contributed by atoms with Crippen LogP contribution in [-0.4, -0.2) is 46.1 Å². The van der Waals surface area contributed by atoms with Crippen molar-refractivity contribution in [3.63, 3.8) is 0 Å². The second-order valence-electron chi connectivity index (χ2n) is 9.39. The van der Waals surface area contributed by atoms with Crippen LogP contribution < -0.4 is 9.64 Å². The summed E-state index contributed by atoms with van der Waals surface area (Å²) in [6.45, 7) is 2.33. The summed E-state index contributed by atoms with van der Waals surface area (Å²) in [6.07, 6.45) is 5.57. The Hall–Kier alpha value is -3.97. The van der Waals surface area contributed by atoms with Crippen molar-refractivity contribution < 1.29 is 9.13 Å². The van der Waals surface area contributed by atoms with Crippen molar-refractivity contribution in [1.29, 1.82) is 0 Å². The maximum Gasteiger partial charge on any atom is 0.148 e. The maximum atomic E-state index is 14.8. The van der Waals surface area contributed by atoms with Gasteiger partial charge in [-0.2, -0.15) is 0 Å². The number of hydrogen-bond donors (Lipinski definition) is 1. The largest absolute Gasteiger partial charge is 0.489 e. The number of piperidine rings is 1. The Bertz CT molecular complexity index is 1500. The first-order chi connectivity index (χ1) is 17.7. The third kappa shape index (κ3) is 4.38. The van der Waals surface area contributed by atoms with E-state index in [9.17, 15) is 4.39 Å². The Kier molecular flexibility index (Phi) is 5.99. The number of aromatic amines is 1. The number of ether oxygens (including phenoxy) is 1. The summed E-state index contributed by atoms with van der Waals surface area (Å²) >= 11 is 0. The molecule has 0 radical (unpaired) electrons. The SMILES string of the molecule is CN1CCC(Oc2cccc3ncnc(N(Cc4ccccc4F)c4ccc5[nH]ccc5c4)c23)CC1. The molecule has 1 N–H and O–H groups in total. The minimum Gasteiger partial charge on any atom is -0.489 e. The molecule has 6 nitrogen and oxygen atoms in total. The normalized spacial score (nSPS) is 14.9. The lowest BCUT2D eigenvalue weighted by atomic mass is 10.1. The minimum absolute atomic E-state index is 0.135. The van der Waals surface area contributed by atoms with Crippen LogP contribution in [0.5, 0.6) is 5.75 Å². The lowest BCUT2D eigenvalue weighted by molar-refractivity contribution is 0.116. The van der Waals surface area contributed by atoms with Crippen LogP contribution in [0.1, 0.15) is 18.4 Å². The summed E-state index contributed by atoms with van der Waals surface area (Å²) in [4.78, 5) is 16.9. The van der Waals surface area contributed by atoms with Crippen LogP contribution in [0.4, 0.5) is 15.9 Å². The van der Waals surface area contributed by atoms with Crippen LogP contribution in [0.25, 0.3) is 21.8 Å². The number of likely N-dealkylation sites (tertiary alicyclic amines) is 1. The number of fused-ring (bicyclic) bond motifs is 2. The second-order valence-corrected chi connectivity index (χ2v) is 9.39. The van der Waals surface area contributed by atoms with Gasteiger partial charge in [-0.25, -0.2) is 14.4 Å². The molecule has 1 aliphatic heterocycles. The van der Waals surface area contributed by atoms with E-state index in [1.807, 2.05) is 54.7 Å². The van der Waals surface area contributed by atoms with Crippen LogP contribution in [0.15, 0.2) is 79.3 Å². The molecule has 0 atom stereocenters. The molecule has 0 aliphatic carbocycles. The molecule has 182 valence electrons. The van der Waals surface area contributed by atoms with Crippen molar-refractivity contribution in [2.45, 2.75) is 25.5 Å². The van der Waals surface area contributed by atoms with Crippen molar-refractivity contribution >= 4 is 33.3 Å². The van der Waals surface area contributed by atoms with Crippen LogP contribution >= 0.6 is 0 Å². The molecular weight excluding hydrogens is 453 g/mol. The topological polar surface area (TPSA) is 57.3 Å². The van der Waals surface area contributed by atoms with Crippen molar-refractivity contribution in [1.82, 2.24) is 19.9 Å². The molecule has 6 rings (SSSR count). The minimum atomic E-state index is -0.244. The van der Waals surface area contributed by atoms with Crippen molar-refractivity contribution in [2.24, 2.45) is 0 Å². The first kappa shape index (κ1) is 22.5. The molecule has 5 aromatic rings. The Labute approximate surface area is 209 Å². The molecule has 7 heteroatoms. The number of nitrogens with one attached hydrogen (secondary N) is 1. The third-order valence-electron chi connectivity index (χ3n) is 6.95. The van der Waals surface area contributed by atoms with Crippen LogP contribution in [0.2, 0.25) is 0 Å². The van der Waals surface area contributed by atoms with Gasteiger partial charge in [0.15, 0.2) is 0 Å². The summed E-state index contributed by atoms with van der Waals surface area (Å²) in [5, 5.41) is 1.91. The molecule has 1 aliphatic rings. The first-order valence-corrected chi connectivity index (χ1v) is 12.3. The van der Waals surface area contributed by atoms with E-state index in [2.05, 4.69) is 32.9 Å². The number of benzene rings is 3. The summed E-state index contributed by atoms with van der Waals surface area (Å²) < 4.78 is 21.4. The van der Waals surface area contributed by atoms with E-state index in [0.717, 1.165) is 59.2 Å². The fourth-order valence-electron chi connectivity index (χ4n) is 4.94. The van der Waals surface area contributed by atoms with E-state index in [-0.39, 0.29) is 11.9 Å². The zero-order valence-electron chi connectivity index (χ0n) is 20.2. The van der Waals surface area contributed by atoms with E-state index in [1.54, 1.807) is 12.4 Å². The van der Waals surface area contributed by atoms with Gasteiger partial charge >= 0.3 is 0 Å². The smallest absolute Gasteiger partial charge is 0.148 e. The highest BCUT2D eigenvalue weighted by molar-refractivity contribution is 5.97. The zero-order chi connectivity index (χ0) is 24.5. The molecule has 0 bridgehead atoms. The average molecular weight is 482 g/mol. The van der Waals surface area contributed by atoms with Gasteiger partial charge in [0.2, 0.25) is 0 Å². The van der Waals surface area contributed by atoms with Gasteiger partial charge in [0.25, 0.3) is 0 Å². The molecular formula is C29H28FN5O. The maximum absolute atomic E-state index is 14.8. The number of nitrogens with zero attached hydrogens (tertiary/aromatic N) is 4. The number of H-pyrrole nitrogens is 1. The molecule has 2 aromatic heterocycles. The molecule has 0 spiro atoms. The monoisotopic (exact) mass is 481 g/mol. The van der Waals surface area contributed by atoms with Crippen LogP contribution in [0, 0.1) is 5.82 Å². The number of aromatic nitrogens is 3. The van der Waals surface area contributed by atoms with E-state index in [1.165, 1.54) is 6.07 Å². The van der Waals surface area contributed by atoms with E-state index in [0.29, 0.717) is 17.9 Å². The van der Waals surface area contributed by atoms with Crippen LogP contribution in [-0.2, 0) is 6.54 Å². The van der Waals surface area contributed by atoms with Gasteiger partial charge in [-0.05, 0) is 62.4 Å². The average Bonchev–Trinajstić information content (AvgIpc) is 3.37. The Balaban J connectivity index is 1.48. The molecule has 1 saturated heterocycles. The predicted molar refractivity (Wildman–Crippen MR) is 141 cm³/mol. The number of anilines is 2. The summed E-state index contributed by atoms with van der Waals surface area (Å²) in [5.74, 6) is 1.21. The highest BCUT2D eigenvalue weighted by Crippen LogP contribution is 2.38. The Morgan fingerprint density at radius 1 is 1.03 bits per heavy atom. The van der Waals surface area contributed by atoms with E-state index >= 15 is 0 Å². The number of hydrogen-bond acceptors (Lipinski definition) is 5. The lowest BCUT2D eigenvalue weighted by Crippen LogP contribution is -2.35. The Morgan fingerprint density at radius 2 is 1.89 bits per heavy atom. The summed E-state index contributed by atoms with van der Waals surface area (Å²) in [5.41, 5.74) is 3.35. The van der Waals surface area contributed by atoms with Crippen LogP contribution in [0.3, 0.4) is 0 Å². The van der Waals surface area contributed by atoms with E-state index < -0.39 is 0 Å². The molecule has 0 saturated carbocycles. The predicted octanol–water partition coefficient (Wildman–Crippen LogP) is 6.06. The standard InChI is InChI=1S/C29H28FN5O/c1-34-15-12-23(13-16-34)36-27-8-4-7-26-28(27)29(33-19-32-26)35(18-21-5-2-3-6-24(21)30)22-9-10-25-20(17-22)11-14-31-25/h2-11,14,17,19,23,31H,12-13,15-16,18H2,1H3. The van der Waals surface area contributed by atoms with Crippen molar-refractivity contribution in [3.8, 4) is 5.75 Å². The fourth-order valence-corrected chi connectivity index (χ4v) is 4.94. The quantitative estimate of drug-likeness (QED) is 0.319. The molecule has 36 heavy (non-hydrogen) atoms. The highest BCUT2D eigenvalue weighted by Gasteiger charge is 2.23. The third-order valence-corrected chi connectivity index (χ3v) is 6.95. The second kappa shape index (κ2) is 9.59. The first-order valence-electron chi connectivity index (χ1n) is 12.3. The molecule has 3 aromatic carbocycles. The number of rotatable bonds is 6. The Morgan fingerprint density at radius 3 is 2.75 bits per heavy atom. The van der Waals surface area contributed by atoms with Gasteiger partial charge < -0.3 is 19.5 Å².